The number of anilines is 1. The number of hydrogen-bond donors (Lipinski definition) is 1. The molecule has 1 aromatic carbocycles. The summed E-state index contributed by atoms with van der Waals surface area (Å²) in [5.74, 6) is -0.940. The topological polar surface area (TPSA) is 66.5 Å². The zero-order valence-electron chi connectivity index (χ0n) is 11.7. The number of imide groups is 1. The Bertz CT molecular complexity index is 607. The van der Waals surface area contributed by atoms with Gasteiger partial charge in [0.25, 0.3) is 5.91 Å². The van der Waals surface area contributed by atoms with Crippen molar-refractivity contribution in [1.29, 1.82) is 0 Å². The molecule has 1 aliphatic carbocycles. The molecule has 0 aromatic heterocycles. The molecule has 1 saturated heterocycles. The summed E-state index contributed by atoms with van der Waals surface area (Å²) in [4.78, 5) is 37.6. The normalized spacial score (nSPS) is 24.1. The molecule has 1 aliphatic heterocycles. The summed E-state index contributed by atoms with van der Waals surface area (Å²) in [6.07, 6.45) is 5.18. The minimum Gasteiger partial charge on any atom is -0.355 e. The molecule has 0 bridgehead atoms. The van der Waals surface area contributed by atoms with Gasteiger partial charge in [-0.15, -0.1) is 0 Å². The van der Waals surface area contributed by atoms with E-state index in [2.05, 4.69) is 5.32 Å². The molecule has 3 amide bonds. The van der Waals surface area contributed by atoms with Crippen LogP contribution in [-0.2, 0) is 9.59 Å². The molecule has 5 heteroatoms. The lowest BCUT2D eigenvalue weighted by molar-refractivity contribution is -0.122. The van der Waals surface area contributed by atoms with Crippen LogP contribution in [-0.4, -0.2) is 24.8 Å². The number of fused-ring (bicyclic) bond motifs is 1. The van der Waals surface area contributed by atoms with E-state index in [0.717, 1.165) is 0 Å². The summed E-state index contributed by atoms with van der Waals surface area (Å²) in [5, 5.41) is 2.53. The lowest BCUT2D eigenvalue weighted by Gasteiger charge is -2.15. The molecule has 1 aromatic rings. The monoisotopic (exact) mass is 284 g/mol. The van der Waals surface area contributed by atoms with Gasteiger partial charge in [0.2, 0.25) is 11.8 Å². The number of hydrogen-bond acceptors (Lipinski definition) is 3. The van der Waals surface area contributed by atoms with E-state index >= 15 is 0 Å². The minimum absolute atomic E-state index is 0.137. The SMILES string of the molecule is CNC(=O)c1ccc(N2C(=O)[C@H]3CC=CC[C@H]3C2=O)cc1. The molecule has 1 heterocycles. The summed E-state index contributed by atoms with van der Waals surface area (Å²) >= 11 is 0. The van der Waals surface area contributed by atoms with Crippen molar-refractivity contribution in [3.63, 3.8) is 0 Å². The number of allylic oxidation sites excluding steroid dienone is 2. The van der Waals surface area contributed by atoms with Gasteiger partial charge >= 0.3 is 0 Å². The number of benzene rings is 1. The van der Waals surface area contributed by atoms with Crippen LogP contribution >= 0.6 is 0 Å². The largest absolute Gasteiger partial charge is 0.355 e. The van der Waals surface area contributed by atoms with E-state index in [1.807, 2.05) is 12.2 Å². The van der Waals surface area contributed by atoms with Gasteiger partial charge in [0, 0.05) is 12.6 Å². The van der Waals surface area contributed by atoms with E-state index < -0.39 is 0 Å². The standard InChI is InChI=1S/C16H16N2O3/c1-17-14(19)10-6-8-11(9-7-10)18-15(20)12-4-2-3-5-13(12)16(18)21/h2-3,6-9,12-13H,4-5H2,1H3,(H,17,19)/t12-,13+. The predicted octanol–water partition coefficient (Wildman–Crippen LogP) is 1.50. The van der Waals surface area contributed by atoms with Crippen LogP contribution in [0.4, 0.5) is 5.69 Å². The van der Waals surface area contributed by atoms with Crippen molar-refractivity contribution in [3.8, 4) is 0 Å². The molecule has 108 valence electrons. The van der Waals surface area contributed by atoms with Gasteiger partial charge in [-0.05, 0) is 37.1 Å². The number of amides is 3. The van der Waals surface area contributed by atoms with Gasteiger partial charge in [-0.3, -0.25) is 19.3 Å². The third kappa shape index (κ3) is 2.14. The molecular weight excluding hydrogens is 268 g/mol. The Hall–Kier alpha value is -2.43. The zero-order chi connectivity index (χ0) is 15.0. The highest BCUT2D eigenvalue weighted by atomic mass is 16.2. The van der Waals surface area contributed by atoms with Crippen LogP contribution in [0.2, 0.25) is 0 Å². The molecule has 21 heavy (non-hydrogen) atoms. The Morgan fingerprint density at radius 1 is 1.05 bits per heavy atom. The third-order valence-electron chi connectivity index (χ3n) is 4.12. The predicted molar refractivity (Wildman–Crippen MR) is 77.7 cm³/mol. The number of rotatable bonds is 2. The van der Waals surface area contributed by atoms with Crippen molar-refractivity contribution in [2.45, 2.75) is 12.8 Å². The molecule has 0 radical (unpaired) electrons. The van der Waals surface area contributed by atoms with Gasteiger partial charge in [0.1, 0.15) is 0 Å². The van der Waals surface area contributed by atoms with Crippen molar-refractivity contribution in [2.75, 3.05) is 11.9 Å². The second kappa shape index (κ2) is 5.16. The van der Waals surface area contributed by atoms with E-state index in [1.54, 1.807) is 31.3 Å². The van der Waals surface area contributed by atoms with E-state index in [4.69, 9.17) is 0 Å². The van der Waals surface area contributed by atoms with E-state index in [0.29, 0.717) is 24.1 Å². The van der Waals surface area contributed by atoms with Crippen molar-refractivity contribution in [1.82, 2.24) is 5.32 Å². The highest BCUT2D eigenvalue weighted by molar-refractivity contribution is 6.22. The number of nitrogens with one attached hydrogen (secondary N) is 1. The van der Waals surface area contributed by atoms with Crippen LogP contribution in [0.3, 0.4) is 0 Å². The second-order valence-corrected chi connectivity index (χ2v) is 5.29. The summed E-state index contributed by atoms with van der Waals surface area (Å²) in [7, 11) is 1.56. The first-order chi connectivity index (χ1) is 10.1. The molecule has 2 aliphatic rings. The Labute approximate surface area is 122 Å². The first kappa shape index (κ1) is 13.5. The van der Waals surface area contributed by atoms with Crippen LogP contribution < -0.4 is 10.2 Å². The van der Waals surface area contributed by atoms with Crippen LogP contribution in [0.5, 0.6) is 0 Å². The number of nitrogens with zero attached hydrogens (tertiary/aromatic N) is 1. The van der Waals surface area contributed by atoms with E-state index in [1.165, 1.54) is 4.90 Å². The lowest BCUT2D eigenvalue weighted by Crippen LogP contribution is -2.30. The van der Waals surface area contributed by atoms with Gasteiger partial charge < -0.3 is 5.32 Å². The number of carbonyl (C=O) groups excluding carboxylic acids is 3. The number of carbonyl (C=O) groups is 3. The maximum atomic E-state index is 12.4. The van der Waals surface area contributed by atoms with Gasteiger partial charge in [-0.1, -0.05) is 12.2 Å². The van der Waals surface area contributed by atoms with Gasteiger partial charge in [0.15, 0.2) is 0 Å². The Morgan fingerprint density at radius 2 is 1.57 bits per heavy atom. The second-order valence-electron chi connectivity index (χ2n) is 5.29. The smallest absolute Gasteiger partial charge is 0.251 e. The van der Waals surface area contributed by atoms with E-state index in [-0.39, 0.29) is 29.6 Å². The van der Waals surface area contributed by atoms with E-state index in [9.17, 15) is 14.4 Å². The Morgan fingerprint density at radius 3 is 2.05 bits per heavy atom. The summed E-state index contributed by atoms with van der Waals surface area (Å²) in [6.45, 7) is 0. The van der Waals surface area contributed by atoms with Crippen molar-refractivity contribution < 1.29 is 14.4 Å². The fraction of sp³-hybridized carbons (Fsp3) is 0.312. The Kier molecular flexibility index (Phi) is 3.33. The van der Waals surface area contributed by atoms with Crippen molar-refractivity contribution in [2.24, 2.45) is 11.8 Å². The highest BCUT2D eigenvalue weighted by Gasteiger charge is 2.47. The van der Waals surface area contributed by atoms with Gasteiger partial charge in [-0.25, -0.2) is 0 Å². The molecule has 2 atom stereocenters. The first-order valence-corrected chi connectivity index (χ1v) is 6.98. The maximum absolute atomic E-state index is 12.4. The average molecular weight is 284 g/mol. The van der Waals surface area contributed by atoms with Crippen LogP contribution in [0.25, 0.3) is 0 Å². The summed E-state index contributed by atoms with van der Waals surface area (Å²) in [6, 6.07) is 6.53. The quantitative estimate of drug-likeness (QED) is 0.661. The Balaban J connectivity index is 1.89. The van der Waals surface area contributed by atoms with Crippen molar-refractivity contribution >= 4 is 23.4 Å². The highest BCUT2D eigenvalue weighted by Crippen LogP contribution is 2.37. The lowest BCUT2D eigenvalue weighted by atomic mass is 9.85. The summed E-state index contributed by atoms with van der Waals surface area (Å²) in [5.41, 5.74) is 1.03. The first-order valence-electron chi connectivity index (χ1n) is 6.98. The molecular formula is C16H16N2O3. The average Bonchev–Trinajstić information content (AvgIpc) is 2.79. The van der Waals surface area contributed by atoms with Gasteiger partial charge in [0.05, 0.1) is 17.5 Å². The fourth-order valence-electron chi connectivity index (χ4n) is 2.96. The molecule has 1 N–H and O–H groups in total. The molecule has 0 saturated carbocycles. The van der Waals surface area contributed by atoms with Gasteiger partial charge in [-0.2, -0.15) is 0 Å². The van der Waals surface area contributed by atoms with Crippen LogP contribution in [0.15, 0.2) is 36.4 Å². The molecule has 3 rings (SSSR count). The third-order valence-corrected chi connectivity index (χ3v) is 4.12. The molecule has 0 unspecified atom stereocenters. The molecule has 0 spiro atoms. The van der Waals surface area contributed by atoms with Crippen molar-refractivity contribution in [3.05, 3.63) is 42.0 Å². The van der Waals surface area contributed by atoms with Crippen LogP contribution in [0, 0.1) is 11.8 Å². The molecule has 5 nitrogen and oxygen atoms in total. The molecule has 1 fully saturated rings. The maximum Gasteiger partial charge on any atom is 0.251 e. The summed E-state index contributed by atoms with van der Waals surface area (Å²) < 4.78 is 0. The zero-order valence-corrected chi connectivity index (χ0v) is 11.7. The minimum atomic E-state index is -0.235. The van der Waals surface area contributed by atoms with Crippen LogP contribution in [0.1, 0.15) is 23.2 Å². The fourth-order valence-corrected chi connectivity index (χ4v) is 2.96.